The fourth-order valence-electron chi connectivity index (χ4n) is 4.89. The second kappa shape index (κ2) is 15.4. The maximum absolute atomic E-state index is 14.5. The van der Waals surface area contributed by atoms with Crippen LogP contribution in [0.25, 0.3) is 0 Å². The van der Waals surface area contributed by atoms with Gasteiger partial charge in [0.2, 0.25) is 11.8 Å². The Morgan fingerprint density at radius 3 is 2.04 bits per heavy atom. The van der Waals surface area contributed by atoms with Gasteiger partial charge in [-0.2, -0.15) is 0 Å². The summed E-state index contributed by atoms with van der Waals surface area (Å²) in [5.41, 5.74) is 2.87. The Labute approximate surface area is 266 Å². The van der Waals surface area contributed by atoms with Crippen LogP contribution in [0, 0.1) is 12.8 Å². The minimum Gasteiger partial charge on any atom is -0.497 e. The van der Waals surface area contributed by atoms with Gasteiger partial charge in [-0.3, -0.25) is 13.9 Å². The van der Waals surface area contributed by atoms with Gasteiger partial charge in [-0.1, -0.05) is 98.3 Å². The van der Waals surface area contributed by atoms with Crippen molar-refractivity contribution in [1.82, 2.24) is 10.2 Å². The van der Waals surface area contributed by atoms with Crippen molar-refractivity contribution in [3.05, 3.63) is 126 Å². The molecule has 0 fully saturated rings. The molecule has 0 aliphatic rings. The summed E-state index contributed by atoms with van der Waals surface area (Å²) < 4.78 is 34.8. The van der Waals surface area contributed by atoms with E-state index in [-0.39, 0.29) is 35.4 Å². The number of nitrogens with zero attached hydrogens (tertiary/aromatic N) is 2. The van der Waals surface area contributed by atoms with Crippen LogP contribution < -0.4 is 14.4 Å². The highest BCUT2D eigenvalue weighted by Gasteiger charge is 2.34. The molecule has 45 heavy (non-hydrogen) atoms. The number of ether oxygens (including phenoxy) is 1. The number of hydrogen-bond donors (Lipinski definition) is 1. The summed E-state index contributed by atoms with van der Waals surface area (Å²) in [4.78, 5) is 29.9. The third-order valence-corrected chi connectivity index (χ3v) is 9.17. The fourth-order valence-corrected chi connectivity index (χ4v) is 6.29. The fraction of sp³-hybridized carbons (Fsp3) is 0.278. The maximum Gasteiger partial charge on any atom is 0.264 e. The lowest BCUT2D eigenvalue weighted by molar-refractivity contribution is -0.140. The Balaban J connectivity index is 1.79. The lowest BCUT2D eigenvalue weighted by Gasteiger charge is -2.34. The van der Waals surface area contributed by atoms with Crippen LogP contribution in [0.4, 0.5) is 5.69 Å². The summed E-state index contributed by atoms with van der Waals surface area (Å²) >= 11 is 0. The number of aryl methyl sites for hydroxylation is 1. The predicted octanol–water partition coefficient (Wildman–Crippen LogP) is 5.61. The van der Waals surface area contributed by atoms with Gasteiger partial charge >= 0.3 is 0 Å². The number of anilines is 1. The van der Waals surface area contributed by atoms with Crippen LogP contribution in [0.3, 0.4) is 0 Å². The van der Waals surface area contributed by atoms with Crippen molar-refractivity contribution >= 4 is 27.5 Å². The number of methoxy groups -OCH3 is 1. The summed E-state index contributed by atoms with van der Waals surface area (Å²) in [7, 11) is -2.70. The molecule has 1 N–H and O–H groups in total. The summed E-state index contributed by atoms with van der Waals surface area (Å²) in [6.45, 7) is 5.90. The molecule has 0 saturated heterocycles. The highest BCUT2D eigenvalue weighted by Crippen LogP contribution is 2.28. The molecule has 0 aliphatic carbocycles. The molecule has 8 nitrogen and oxygen atoms in total. The molecule has 0 radical (unpaired) electrons. The van der Waals surface area contributed by atoms with Crippen molar-refractivity contribution in [2.45, 2.75) is 44.7 Å². The highest BCUT2D eigenvalue weighted by atomic mass is 32.2. The molecule has 0 saturated carbocycles. The van der Waals surface area contributed by atoms with Gasteiger partial charge in [0.15, 0.2) is 0 Å². The molecular weight excluding hydrogens is 586 g/mol. The summed E-state index contributed by atoms with van der Waals surface area (Å²) in [6, 6.07) is 31.1. The first-order valence-electron chi connectivity index (χ1n) is 15.0. The Morgan fingerprint density at radius 2 is 1.44 bits per heavy atom. The maximum atomic E-state index is 14.5. The Kier molecular flexibility index (Phi) is 11.4. The smallest absolute Gasteiger partial charge is 0.264 e. The number of rotatable bonds is 14. The van der Waals surface area contributed by atoms with Crippen LogP contribution in [-0.4, -0.2) is 51.4 Å². The first kappa shape index (κ1) is 33.3. The first-order chi connectivity index (χ1) is 21.6. The van der Waals surface area contributed by atoms with Gasteiger partial charge in [-0.25, -0.2) is 8.42 Å². The van der Waals surface area contributed by atoms with Crippen molar-refractivity contribution in [2.24, 2.45) is 5.92 Å². The number of nitrogens with one attached hydrogen (secondary N) is 1. The highest BCUT2D eigenvalue weighted by molar-refractivity contribution is 7.92. The van der Waals surface area contributed by atoms with Crippen molar-refractivity contribution in [3.8, 4) is 5.75 Å². The zero-order valence-electron chi connectivity index (χ0n) is 26.2. The third kappa shape index (κ3) is 8.95. The van der Waals surface area contributed by atoms with Gasteiger partial charge in [-0.15, -0.1) is 0 Å². The average Bonchev–Trinajstić information content (AvgIpc) is 3.05. The van der Waals surface area contributed by atoms with E-state index in [1.807, 2.05) is 81.4 Å². The lowest BCUT2D eigenvalue weighted by atomic mass is 10.0. The van der Waals surface area contributed by atoms with Gasteiger partial charge in [0, 0.05) is 25.6 Å². The molecule has 0 spiro atoms. The van der Waals surface area contributed by atoms with Crippen molar-refractivity contribution < 1.29 is 22.7 Å². The van der Waals surface area contributed by atoms with Crippen LogP contribution >= 0.6 is 0 Å². The van der Waals surface area contributed by atoms with E-state index >= 15 is 0 Å². The topological polar surface area (TPSA) is 96.0 Å². The largest absolute Gasteiger partial charge is 0.497 e. The Bertz CT molecular complexity index is 1660. The number of carbonyl (C=O) groups excluding carboxylic acids is 2. The summed E-state index contributed by atoms with van der Waals surface area (Å²) in [6.07, 6.45) is 0.257. The molecule has 4 aromatic rings. The standard InChI is InChI=1S/C36H41N3O5S/c1-27(2)24-37-36(41)34(22-29-12-7-5-8-13-29)38(25-30-14-9-6-10-15-30)35(40)26-39(31-16-11-17-32(23-31)44-4)45(42,43)33-20-18-28(3)19-21-33/h5-21,23,27,34H,22,24-26H2,1-4H3,(H,37,41). The molecule has 4 rings (SSSR count). The van der Waals surface area contributed by atoms with Gasteiger partial charge in [0.05, 0.1) is 17.7 Å². The van der Waals surface area contributed by atoms with E-state index in [0.717, 1.165) is 21.0 Å². The molecular formula is C36H41N3O5S. The quantitative estimate of drug-likeness (QED) is 0.196. The second-order valence-corrected chi connectivity index (χ2v) is 13.2. The number of carbonyl (C=O) groups is 2. The predicted molar refractivity (Wildman–Crippen MR) is 177 cm³/mol. The minimum absolute atomic E-state index is 0.0499. The minimum atomic E-state index is -4.19. The van der Waals surface area contributed by atoms with E-state index in [2.05, 4.69) is 5.32 Å². The van der Waals surface area contributed by atoms with Crippen LogP contribution in [0.15, 0.2) is 114 Å². The molecule has 1 atom stereocenters. The van der Waals surface area contributed by atoms with E-state index in [9.17, 15) is 18.0 Å². The SMILES string of the molecule is COc1cccc(N(CC(=O)N(Cc2ccccc2)C(Cc2ccccc2)C(=O)NCC(C)C)S(=O)(=O)c2ccc(C)cc2)c1. The van der Waals surface area contributed by atoms with Crippen LogP contribution in [0.1, 0.15) is 30.5 Å². The molecule has 1 unspecified atom stereocenters. The van der Waals surface area contributed by atoms with Crippen molar-refractivity contribution in [2.75, 3.05) is 24.5 Å². The normalized spacial score (nSPS) is 11.9. The van der Waals surface area contributed by atoms with Gasteiger partial charge < -0.3 is 15.0 Å². The summed E-state index contributed by atoms with van der Waals surface area (Å²) in [5, 5.41) is 3.00. The number of sulfonamides is 1. The Hall–Kier alpha value is -4.63. The van der Waals surface area contributed by atoms with E-state index in [1.165, 1.54) is 24.1 Å². The lowest BCUT2D eigenvalue weighted by Crippen LogP contribution is -2.53. The van der Waals surface area contributed by atoms with Crippen LogP contribution in [0.5, 0.6) is 5.75 Å². The Morgan fingerprint density at radius 1 is 0.822 bits per heavy atom. The van der Waals surface area contributed by atoms with Crippen molar-refractivity contribution in [1.29, 1.82) is 0 Å². The summed E-state index contributed by atoms with van der Waals surface area (Å²) in [5.74, 6) is -0.169. The molecule has 0 bridgehead atoms. The third-order valence-electron chi connectivity index (χ3n) is 7.38. The molecule has 0 aromatic heterocycles. The molecule has 0 heterocycles. The molecule has 2 amide bonds. The van der Waals surface area contributed by atoms with Crippen molar-refractivity contribution in [3.63, 3.8) is 0 Å². The van der Waals surface area contributed by atoms with Crippen LogP contribution in [-0.2, 0) is 32.6 Å². The number of amides is 2. The zero-order valence-corrected chi connectivity index (χ0v) is 27.0. The monoisotopic (exact) mass is 627 g/mol. The molecule has 236 valence electrons. The molecule has 9 heteroatoms. The van der Waals surface area contributed by atoms with E-state index in [4.69, 9.17) is 4.74 Å². The first-order valence-corrected chi connectivity index (χ1v) is 16.4. The zero-order chi connectivity index (χ0) is 32.4. The molecule has 0 aliphatic heterocycles. The average molecular weight is 628 g/mol. The van der Waals surface area contributed by atoms with Crippen LogP contribution in [0.2, 0.25) is 0 Å². The second-order valence-electron chi connectivity index (χ2n) is 11.4. The molecule has 4 aromatic carbocycles. The number of benzene rings is 4. The van der Waals surface area contributed by atoms with Gasteiger partial charge in [-0.05, 0) is 48.2 Å². The van der Waals surface area contributed by atoms with Gasteiger partial charge in [0.25, 0.3) is 10.0 Å². The van der Waals surface area contributed by atoms with E-state index < -0.39 is 28.5 Å². The van der Waals surface area contributed by atoms with E-state index in [1.54, 1.807) is 36.4 Å². The van der Waals surface area contributed by atoms with Gasteiger partial charge in [0.1, 0.15) is 18.3 Å². The number of hydrogen-bond acceptors (Lipinski definition) is 5. The van der Waals surface area contributed by atoms with E-state index in [0.29, 0.717) is 12.3 Å².